The van der Waals surface area contributed by atoms with Gasteiger partial charge < -0.3 is 4.74 Å². The fraction of sp³-hybridized carbons (Fsp3) is 0.455. The van der Waals surface area contributed by atoms with Gasteiger partial charge >= 0.3 is 11.7 Å². The molecule has 0 unspecified atom stereocenters. The minimum absolute atomic E-state index is 0.0562. The van der Waals surface area contributed by atoms with Crippen molar-refractivity contribution >= 4 is 11.8 Å². The van der Waals surface area contributed by atoms with Gasteiger partial charge in [-0.3, -0.25) is 18.7 Å². The molecule has 0 saturated carbocycles. The van der Waals surface area contributed by atoms with E-state index in [0.717, 1.165) is 20.2 Å². The highest BCUT2D eigenvalue weighted by Crippen LogP contribution is 2.08. The fourth-order valence-corrected chi connectivity index (χ4v) is 1.42. The number of hydrogen-bond acceptors (Lipinski definition) is 5. The molecule has 19 heavy (non-hydrogen) atoms. The molecule has 0 aliphatic heterocycles. The van der Waals surface area contributed by atoms with Crippen molar-refractivity contribution in [3.8, 4) is 0 Å². The van der Waals surface area contributed by atoms with Crippen molar-refractivity contribution in [1.29, 1.82) is 0 Å². The average molecular weight is 272 g/mol. The van der Waals surface area contributed by atoms with Crippen LogP contribution in [0.4, 0.5) is 4.39 Å². The summed E-state index contributed by atoms with van der Waals surface area (Å²) in [5, 5.41) is 0. The van der Waals surface area contributed by atoms with E-state index in [1.54, 1.807) is 0 Å². The van der Waals surface area contributed by atoms with Gasteiger partial charge in [-0.15, -0.1) is 0 Å². The van der Waals surface area contributed by atoms with Gasteiger partial charge in [-0.2, -0.15) is 0 Å². The van der Waals surface area contributed by atoms with E-state index < -0.39 is 29.3 Å². The Kier molecular flexibility index (Phi) is 4.36. The first kappa shape index (κ1) is 14.8. The number of carbonyl (C=O) groups is 2. The van der Waals surface area contributed by atoms with Gasteiger partial charge in [0.2, 0.25) is 0 Å². The van der Waals surface area contributed by atoms with Crippen LogP contribution in [0.1, 0.15) is 30.5 Å². The normalized spacial score (nSPS) is 12.0. The van der Waals surface area contributed by atoms with Gasteiger partial charge in [-0.05, 0) is 13.8 Å². The van der Waals surface area contributed by atoms with E-state index >= 15 is 0 Å². The standard InChI is InChI=1S/C11H13FN2O5/c1-4-19-10(17)8(12)14-5-7(6(2)15)9(16)13(3)11(14)18/h5,8H,4H2,1-3H3/t8-/m0/s1. The molecule has 0 aromatic carbocycles. The Balaban J connectivity index is 3.45. The van der Waals surface area contributed by atoms with Crippen LogP contribution in [-0.2, 0) is 16.6 Å². The van der Waals surface area contributed by atoms with Crippen molar-refractivity contribution in [2.45, 2.75) is 20.1 Å². The number of alkyl halides is 1. The quantitative estimate of drug-likeness (QED) is 0.558. The Morgan fingerprint density at radius 3 is 2.47 bits per heavy atom. The van der Waals surface area contributed by atoms with Crippen LogP contribution in [0.5, 0.6) is 0 Å². The first-order valence-corrected chi connectivity index (χ1v) is 5.45. The Labute approximate surface area is 107 Å². The Hall–Kier alpha value is -2.25. The summed E-state index contributed by atoms with van der Waals surface area (Å²) in [5.74, 6) is -1.90. The molecule has 0 bridgehead atoms. The van der Waals surface area contributed by atoms with Crippen LogP contribution in [0.25, 0.3) is 0 Å². The lowest BCUT2D eigenvalue weighted by Gasteiger charge is -2.12. The van der Waals surface area contributed by atoms with E-state index in [4.69, 9.17) is 0 Å². The minimum Gasteiger partial charge on any atom is -0.462 e. The lowest BCUT2D eigenvalue weighted by Crippen LogP contribution is -2.42. The van der Waals surface area contributed by atoms with E-state index in [0.29, 0.717) is 9.13 Å². The highest BCUT2D eigenvalue weighted by atomic mass is 19.1. The van der Waals surface area contributed by atoms with Gasteiger partial charge in [0.25, 0.3) is 11.9 Å². The summed E-state index contributed by atoms with van der Waals surface area (Å²) in [7, 11) is 1.09. The molecule has 1 aromatic heterocycles. The number of nitrogens with zero attached hydrogens (tertiary/aromatic N) is 2. The van der Waals surface area contributed by atoms with Gasteiger partial charge in [-0.1, -0.05) is 0 Å². The average Bonchev–Trinajstić information content (AvgIpc) is 2.35. The molecule has 0 amide bonds. The number of Topliss-reactive ketones (excluding diaryl/α,β-unsaturated/α-hetero) is 1. The van der Waals surface area contributed by atoms with Crippen molar-refractivity contribution in [2.75, 3.05) is 6.61 Å². The van der Waals surface area contributed by atoms with E-state index in [-0.39, 0.29) is 12.2 Å². The van der Waals surface area contributed by atoms with Gasteiger partial charge in [0, 0.05) is 13.2 Å². The lowest BCUT2D eigenvalue weighted by molar-refractivity contribution is -0.153. The lowest BCUT2D eigenvalue weighted by atomic mass is 10.2. The minimum atomic E-state index is -2.41. The van der Waals surface area contributed by atoms with Crippen molar-refractivity contribution in [3.63, 3.8) is 0 Å². The predicted molar refractivity (Wildman–Crippen MR) is 62.7 cm³/mol. The predicted octanol–water partition coefficient (Wildman–Crippen LogP) is -0.219. The number of hydrogen-bond donors (Lipinski definition) is 0. The molecule has 7 nitrogen and oxygen atoms in total. The van der Waals surface area contributed by atoms with Crippen LogP contribution in [0.2, 0.25) is 0 Å². The molecule has 1 aromatic rings. The smallest absolute Gasteiger partial charge is 0.362 e. The third-order valence-electron chi connectivity index (χ3n) is 2.42. The number of aromatic nitrogens is 2. The number of halogens is 1. The maximum absolute atomic E-state index is 13.8. The maximum atomic E-state index is 13.8. The molecule has 8 heteroatoms. The molecule has 104 valence electrons. The maximum Gasteiger partial charge on any atom is 0.362 e. The van der Waals surface area contributed by atoms with E-state index in [1.165, 1.54) is 6.92 Å². The van der Waals surface area contributed by atoms with Crippen LogP contribution >= 0.6 is 0 Å². The number of esters is 1. The molecule has 1 rings (SSSR count). The summed E-state index contributed by atoms with van der Waals surface area (Å²) in [6, 6.07) is 0. The van der Waals surface area contributed by atoms with E-state index in [2.05, 4.69) is 4.74 Å². The van der Waals surface area contributed by atoms with Crippen molar-refractivity contribution in [1.82, 2.24) is 9.13 Å². The van der Waals surface area contributed by atoms with Gasteiger partial charge in [0.15, 0.2) is 5.78 Å². The molecule has 0 aliphatic carbocycles. The SMILES string of the molecule is CCOC(=O)[C@@H](F)n1cc(C(C)=O)c(=O)n(C)c1=O. The molecule has 0 saturated heterocycles. The number of ketones is 1. The third kappa shape index (κ3) is 2.78. The van der Waals surface area contributed by atoms with Crippen molar-refractivity contribution in [2.24, 2.45) is 7.05 Å². The molecular formula is C11H13FN2O5. The van der Waals surface area contributed by atoms with E-state index in [1.807, 2.05) is 0 Å². The topological polar surface area (TPSA) is 87.4 Å². The van der Waals surface area contributed by atoms with Gasteiger partial charge in [0.1, 0.15) is 0 Å². The highest BCUT2D eigenvalue weighted by molar-refractivity contribution is 5.93. The molecule has 0 aliphatic rings. The second kappa shape index (κ2) is 5.59. The zero-order chi connectivity index (χ0) is 14.7. The summed E-state index contributed by atoms with van der Waals surface area (Å²) >= 11 is 0. The number of carbonyl (C=O) groups excluding carboxylic acids is 2. The molecule has 0 N–H and O–H groups in total. The monoisotopic (exact) mass is 272 g/mol. The summed E-state index contributed by atoms with van der Waals surface area (Å²) in [5.41, 5.74) is -2.27. The van der Waals surface area contributed by atoms with Crippen molar-refractivity contribution in [3.05, 3.63) is 32.6 Å². The molecule has 1 heterocycles. The number of rotatable bonds is 4. The second-order valence-electron chi connectivity index (χ2n) is 3.74. The van der Waals surface area contributed by atoms with Crippen LogP contribution in [0.3, 0.4) is 0 Å². The molecule has 1 atom stereocenters. The molecular weight excluding hydrogens is 259 g/mol. The summed E-state index contributed by atoms with van der Waals surface area (Å²) in [4.78, 5) is 45.7. The van der Waals surface area contributed by atoms with Crippen LogP contribution < -0.4 is 11.2 Å². The van der Waals surface area contributed by atoms with Crippen LogP contribution in [-0.4, -0.2) is 27.5 Å². The Morgan fingerprint density at radius 1 is 1.42 bits per heavy atom. The first-order chi connectivity index (χ1) is 8.81. The van der Waals surface area contributed by atoms with Gasteiger partial charge in [0.05, 0.1) is 12.2 Å². The summed E-state index contributed by atoms with van der Waals surface area (Å²) < 4.78 is 19.1. The van der Waals surface area contributed by atoms with Gasteiger partial charge in [-0.25, -0.2) is 14.0 Å². The Morgan fingerprint density at radius 2 is 2.00 bits per heavy atom. The summed E-state index contributed by atoms with van der Waals surface area (Å²) in [6.07, 6.45) is -1.67. The van der Waals surface area contributed by atoms with Crippen LogP contribution in [0.15, 0.2) is 15.8 Å². The van der Waals surface area contributed by atoms with Crippen molar-refractivity contribution < 1.29 is 18.7 Å². The van der Waals surface area contributed by atoms with E-state index in [9.17, 15) is 23.6 Å². The third-order valence-corrected chi connectivity index (χ3v) is 2.42. The largest absolute Gasteiger partial charge is 0.462 e. The number of ether oxygens (including phenoxy) is 1. The summed E-state index contributed by atoms with van der Waals surface area (Å²) in [6.45, 7) is 2.53. The zero-order valence-corrected chi connectivity index (χ0v) is 10.7. The molecule has 0 spiro atoms. The fourth-order valence-electron chi connectivity index (χ4n) is 1.42. The second-order valence-corrected chi connectivity index (χ2v) is 3.74. The Bertz CT molecular complexity index is 631. The zero-order valence-electron chi connectivity index (χ0n) is 10.7. The highest BCUT2D eigenvalue weighted by Gasteiger charge is 2.24. The first-order valence-electron chi connectivity index (χ1n) is 5.45. The molecule has 0 fully saturated rings. The molecule has 0 radical (unpaired) electrons. The van der Waals surface area contributed by atoms with Crippen LogP contribution in [0, 0.1) is 0 Å².